The first-order valence-electron chi connectivity index (χ1n) is 5.18. The summed E-state index contributed by atoms with van der Waals surface area (Å²) in [6.07, 6.45) is 3.07. The lowest BCUT2D eigenvalue weighted by Crippen LogP contribution is -2.25. The second kappa shape index (κ2) is 3.53. The van der Waals surface area contributed by atoms with Gasteiger partial charge in [0.15, 0.2) is 5.65 Å². The van der Waals surface area contributed by atoms with Crippen LogP contribution in [0.15, 0.2) is 12.4 Å². The summed E-state index contributed by atoms with van der Waals surface area (Å²) in [7, 11) is 0. The van der Waals surface area contributed by atoms with Gasteiger partial charge in [-0.15, -0.1) is 0 Å². The number of amides is 1. The standard InChI is InChI=1S/C11H14N4O2/c1-6-5-15-10(14-6)8(11(2,3)17)7(4-13-15)9(12)16/h4-5,17H,1-3H3,(H2,12,16). The molecule has 0 aliphatic rings. The zero-order valence-corrected chi connectivity index (χ0v) is 9.93. The van der Waals surface area contributed by atoms with Crippen molar-refractivity contribution in [3.05, 3.63) is 29.2 Å². The predicted octanol–water partition coefficient (Wildman–Crippen LogP) is 0.364. The number of aliphatic hydroxyl groups is 1. The van der Waals surface area contributed by atoms with E-state index in [2.05, 4.69) is 10.1 Å². The molecule has 6 nitrogen and oxygen atoms in total. The number of nitrogens with zero attached hydrogens (tertiary/aromatic N) is 3. The average Bonchev–Trinajstić information content (AvgIpc) is 2.53. The van der Waals surface area contributed by atoms with Crippen molar-refractivity contribution in [2.75, 3.05) is 0 Å². The van der Waals surface area contributed by atoms with Crippen LogP contribution in [0.1, 0.15) is 35.5 Å². The van der Waals surface area contributed by atoms with E-state index in [9.17, 15) is 9.90 Å². The van der Waals surface area contributed by atoms with Gasteiger partial charge in [0.1, 0.15) is 0 Å². The highest BCUT2D eigenvalue weighted by Gasteiger charge is 2.27. The van der Waals surface area contributed by atoms with Crippen molar-refractivity contribution >= 4 is 11.6 Å². The lowest BCUT2D eigenvalue weighted by molar-refractivity contribution is 0.0762. The van der Waals surface area contributed by atoms with Crippen LogP contribution in [0, 0.1) is 6.92 Å². The van der Waals surface area contributed by atoms with Crippen LogP contribution in [-0.4, -0.2) is 25.6 Å². The van der Waals surface area contributed by atoms with Crippen molar-refractivity contribution in [2.45, 2.75) is 26.4 Å². The van der Waals surface area contributed by atoms with Crippen molar-refractivity contribution in [1.82, 2.24) is 14.6 Å². The van der Waals surface area contributed by atoms with Gasteiger partial charge in [-0.3, -0.25) is 4.79 Å². The molecule has 0 spiro atoms. The Morgan fingerprint density at radius 2 is 2.18 bits per heavy atom. The molecule has 17 heavy (non-hydrogen) atoms. The van der Waals surface area contributed by atoms with E-state index in [4.69, 9.17) is 5.73 Å². The topological polar surface area (TPSA) is 93.5 Å². The number of imidazole rings is 1. The molecule has 3 N–H and O–H groups in total. The Hall–Kier alpha value is -1.95. The number of rotatable bonds is 2. The molecule has 0 fully saturated rings. The molecule has 2 rings (SSSR count). The molecule has 0 aliphatic carbocycles. The van der Waals surface area contributed by atoms with Crippen molar-refractivity contribution in [3.8, 4) is 0 Å². The zero-order chi connectivity index (χ0) is 12.8. The Bertz CT molecular complexity index is 595. The number of hydrogen-bond donors (Lipinski definition) is 2. The third kappa shape index (κ3) is 1.87. The van der Waals surface area contributed by atoms with Crippen molar-refractivity contribution < 1.29 is 9.90 Å². The molecule has 0 saturated carbocycles. The molecule has 2 aromatic rings. The van der Waals surface area contributed by atoms with Gasteiger partial charge in [-0.25, -0.2) is 9.50 Å². The van der Waals surface area contributed by atoms with Gasteiger partial charge in [-0.2, -0.15) is 5.10 Å². The molecule has 2 heterocycles. The van der Waals surface area contributed by atoms with Gasteiger partial charge in [-0.05, 0) is 20.8 Å². The number of fused-ring (bicyclic) bond motifs is 1. The van der Waals surface area contributed by atoms with Gasteiger partial charge in [0.05, 0.1) is 29.3 Å². The van der Waals surface area contributed by atoms with Crippen LogP contribution in [0.3, 0.4) is 0 Å². The lowest BCUT2D eigenvalue weighted by atomic mass is 9.95. The van der Waals surface area contributed by atoms with Gasteiger partial charge >= 0.3 is 0 Å². The van der Waals surface area contributed by atoms with Crippen LogP contribution < -0.4 is 5.73 Å². The average molecular weight is 234 g/mol. The monoisotopic (exact) mass is 234 g/mol. The largest absolute Gasteiger partial charge is 0.386 e. The molecule has 0 saturated heterocycles. The number of primary amides is 1. The molecule has 2 aromatic heterocycles. The molecule has 0 aromatic carbocycles. The molecule has 0 aliphatic heterocycles. The van der Waals surface area contributed by atoms with Crippen LogP contribution in [0.5, 0.6) is 0 Å². The fourth-order valence-corrected chi connectivity index (χ4v) is 1.84. The highest BCUT2D eigenvalue weighted by molar-refractivity contribution is 5.95. The van der Waals surface area contributed by atoms with Crippen molar-refractivity contribution in [3.63, 3.8) is 0 Å². The SMILES string of the molecule is Cc1cn2ncc(C(N)=O)c(C(C)(C)O)c2n1. The molecule has 1 amide bonds. The quantitative estimate of drug-likeness (QED) is 0.784. The summed E-state index contributed by atoms with van der Waals surface area (Å²) >= 11 is 0. The summed E-state index contributed by atoms with van der Waals surface area (Å²) in [4.78, 5) is 15.6. The first kappa shape index (κ1) is 11.5. The molecular weight excluding hydrogens is 220 g/mol. The molecule has 0 unspecified atom stereocenters. The number of carbonyl (C=O) groups is 1. The van der Waals surface area contributed by atoms with E-state index in [1.807, 2.05) is 6.92 Å². The Kier molecular flexibility index (Phi) is 2.39. The second-order valence-electron chi connectivity index (χ2n) is 4.51. The number of nitrogens with two attached hydrogens (primary N) is 1. The van der Waals surface area contributed by atoms with E-state index in [0.717, 1.165) is 5.69 Å². The Morgan fingerprint density at radius 3 is 2.71 bits per heavy atom. The Morgan fingerprint density at radius 1 is 1.53 bits per heavy atom. The molecule has 90 valence electrons. The summed E-state index contributed by atoms with van der Waals surface area (Å²) < 4.78 is 1.52. The summed E-state index contributed by atoms with van der Waals surface area (Å²) in [5, 5.41) is 14.2. The third-order valence-corrected chi connectivity index (χ3v) is 2.49. The van der Waals surface area contributed by atoms with Gasteiger partial charge in [0, 0.05) is 5.56 Å². The number of aryl methyl sites for hydroxylation is 1. The molecule has 0 radical (unpaired) electrons. The van der Waals surface area contributed by atoms with Crippen LogP contribution in [0.4, 0.5) is 0 Å². The smallest absolute Gasteiger partial charge is 0.250 e. The van der Waals surface area contributed by atoms with Gasteiger partial charge < -0.3 is 10.8 Å². The minimum atomic E-state index is -1.22. The summed E-state index contributed by atoms with van der Waals surface area (Å²) in [6.45, 7) is 4.98. The Balaban J connectivity index is 2.89. The van der Waals surface area contributed by atoms with E-state index in [0.29, 0.717) is 11.2 Å². The highest BCUT2D eigenvalue weighted by Crippen LogP contribution is 2.26. The van der Waals surface area contributed by atoms with Crippen LogP contribution >= 0.6 is 0 Å². The van der Waals surface area contributed by atoms with Crippen LogP contribution in [0.25, 0.3) is 5.65 Å². The number of hydrogen-bond acceptors (Lipinski definition) is 4. The lowest BCUT2D eigenvalue weighted by Gasteiger charge is -2.20. The fraction of sp³-hybridized carbons (Fsp3) is 0.364. The van der Waals surface area contributed by atoms with Crippen molar-refractivity contribution in [2.24, 2.45) is 5.73 Å². The zero-order valence-electron chi connectivity index (χ0n) is 9.93. The third-order valence-electron chi connectivity index (χ3n) is 2.49. The fourth-order valence-electron chi connectivity index (χ4n) is 1.84. The predicted molar refractivity (Wildman–Crippen MR) is 61.5 cm³/mol. The summed E-state index contributed by atoms with van der Waals surface area (Å²) in [5.41, 5.74) is 5.86. The van der Waals surface area contributed by atoms with E-state index in [-0.39, 0.29) is 5.56 Å². The molecule has 0 atom stereocenters. The maximum Gasteiger partial charge on any atom is 0.250 e. The number of aromatic nitrogens is 3. The van der Waals surface area contributed by atoms with Crippen molar-refractivity contribution in [1.29, 1.82) is 0 Å². The van der Waals surface area contributed by atoms with E-state index in [1.165, 1.54) is 10.7 Å². The number of carbonyl (C=O) groups excluding carboxylic acids is 1. The van der Waals surface area contributed by atoms with Crippen LogP contribution in [-0.2, 0) is 5.60 Å². The maximum atomic E-state index is 11.4. The van der Waals surface area contributed by atoms with Gasteiger partial charge in [0.2, 0.25) is 0 Å². The first-order valence-corrected chi connectivity index (χ1v) is 5.18. The molecule has 0 bridgehead atoms. The summed E-state index contributed by atoms with van der Waals surface area (Å²) in [6, 6.07) is 0. The van der Waals surface area contributed by atoms with Gasteiger partial charge in [-0.1, -0.05) is 0 Å². The highest BCUT2D eigenvalue weighted by atomic mass is 16.3. The van der Waals surface area contributed by atoms with Crippen LogP contribution in [0.2, 0.25) is 0 Å². The van der Waals surface area contributed by atoms with E-state index < -0.39 is 11.5 Å². The molecule has 6 heteroatoms. The van der Waals surface area contributed by atoms with E-state index >= 15 is 0 Å². The second-order valence-corrected chi connectivity index (χ2v) is 4.51. The summed E-state index contributed by atoms with van der Waals surface area (Å²) in [5.74, 6) is -0.627. The minimum Gasteiger partial charge on any atom is -0.386 e. The first-order chi connectivity index (χ1) is 7.80. The Labute approximate surface area is 98.1 Å². The molecular formula is C11H14N4O2. The van der Waals surface area contributed by atoms with E-state index in [1.54, 1.807) is 20.0 Å². The van der Waals surface area contributed by atoms with Gasteiger partial charge in [0.25, 0.3) is 5.91 Å². The maximum absolute atomic E-state index is 11.4. The minimum absolute atomic E-state index is 0.190. The normalized spacial score (nSPS) is 12.0.